The average Bonchev–Trinajstić information content (AvgIpc) is 2.64. The zero-order valence-electron chi connectivity index (χ0n) is 10.6. The molecule has 0 aliphatic carbocycles. The fraction of sp³-hybridized carbons (Fsp3) is 0.769. The molecule has 2 heterocycles. The maximum absolute atomic E-state index is 4.25. The average molecular weight is 221 g/mol. The van der Waals surface area contributed by atoms with Crippen LogP contribution in [0.1, 0.15) is 38.3 Å². The number of piperidine rings is 1. The first kappa shape index (κ1) is 11.6. The lowest BCUT2D eigenvalue weighted by Crippen LogP contribution is -2.36. The molecule has 0 spiro atoms. The van der Waals surface area contributed by atoms with E-state index in [0.29, 0.717) is 5.92 Å². The van der Waals surface area contributed by atoms with Gasteiger partial charge in [0.05, 0.1) is 6.33 Å². The summed E-state index contributed by atoms with van der Waals surface area (Å²) in [5.74, 6) is 2.24. The second kappa shape index (κ2) is 5.00. The Hall–Kier alpha value is -0.830. The quantitative estimate of drug-likeness (QED) is 0.847. The van der Waals surface area contributed by atoms with Crippen molar-refractivity contribution in [2.75, 3.05) is 13.1 Å². The molecule has 90 valence electrons. The summed E-state index contributed by atoms with van der Waals surface area (Å²) >= 11 is 0. The van der Waals surface area contributed by atoms with Gasteiger partial charge in [0.25, 0.3) is 0 Å². The second-order valence-electron chi connectivity index (χ2n) is 5.42. The molecular weight excluding hydrogens is 198 g/mol. The van der Waals surface area contributed by atoms with E-state index in [2.05, 4.69) is 35.8 Å². The number of aryl methyl sites for hydroxylation is 1. The summed E-state index contributed by atoms with van der Waals surface area (Å²) in [5.41, 5.74) is 1.41. The minimum atomic E-state index is 0.691. The number of rotatable bonds is 3. The van der Waals surface area contributed by atoms with Crippen molar-refractivity contribution >= 4 is 0 Å². The third-order valence-corrected chi connectivity index (χ3v) is 3.62. The number of imidazole rings is 1. The Balaban J connectivity index is 2.13. The molecule has 2 rings (SSSR count). The predicted molar refractivity (Wildman–Crippen MR) is 66.4 cm³/mol. The van der Waals surface area contributed by atoms with Crippen molar-refractivity contribution in [3.63, 3.8) is 0 Å². The van der Waals surface area contributed by atoms with Crippen LogP contribution in [0.2, 0.25) is 0 Å². The minimum absolute atomic E-state index is 0.691. The molecule has 16 heavy (non-hydrogen) atoms. The molecule has 0 aromatic carbocycles. The summed E-state index contributed by atoms with van der Waals surface area (Å²) in [4.78, 5) is 4.25. The molecule has 1 aromatic rings. The first-order valence-corrected chi connectivity index (χ1v) is 6.35. The van der Waals surface area contributed by atoms with Gasteiger partial charge in [0.1, 0.15) is 0 Å². The van der Waals surface area contributed by atoms with Gasteiger partial charge in [-0.05, 0) is 37.8 Å². The van der Waals surface area contributed by atoms with E-state index in [1.54, 1.807) is 0 Å². The van der Waals surface area contributed by atoms with Gasteiger partial charge in [-0.15, -0.1) is 0 Å². The molecule has 1 N–H and O–H groups in total. The van der Waals surface area contributed by atoms with Crippen LogP contribution in [-0.4, -0.2) is 22.6 Å². The van der Waals surface area contributed by atoms with E-state index in [0.717, 1.165) is 24.9 Å². The van der Waals surface area contributed by atoms with Gasteiger partial charge in [0, 0.05) is 24.9 Å². The molecule has 0 amide bonds. The molecule has 0 radical (unpaired) electrons. The van der Waals surface area contributed by atoms with Gasteiger partial charge in [-0.1, -0.05) is 13.8 Å². The normalized spacial score (nSPS) is 26.2. The third kappa shape index (κ3) is 2.46. The molecule has 3 nitrogen and oxygen atoms in total. The van der Waals surface area contributed by atoms with E-state index in [9.17, 15) is 0 Å². The maximum Gasteiger partial charge on any atom is 0.0945 e. The van der Waals surface area contributed by atoms with Gasteiger partial charge in [-0.3, -0.25) is 0 Å². The van der Waals surface area contributed by atoms with E-state index in [4.69, 9.17) is 0 Å². The number of nitrogens with one attached hydrogen (secondary N) is 1. The molecular formula is C13H23N3. The summed E-state index contributed by atoms with van der Waals surface area (Å²) in [7, 11) is 2.11. The highest BCUT2D eigenvalue weighted by Gasteiger charge is 2.28. The fourth-order valence-electron chi connectivity index (χ4n) is 2.89. The summed E-state index contributed by atoms with van der Waals surface area (Å²) in [6.07, 6.45) is 6.52. The van der Waals surface area contributed by atoms with Crippen molar-refractivity contribution in [3.05, 3.63) is 18.2 Å². The zero-order valence-corrected chi connectivity index (χ0v) is 10.6. The standard InChI is InChI=1S/C13H23N3/c1-10(2)6-11-7-14-5-4-12(11)13-8-15-9-16(13)3/h8-12,14H,4-7H2,1-3H3. The lowest BCUT2D eigenvalue weighted by atomic mass is 9.79. The zero-order chi connectivity index (χ0) is 11.5. The van der Waals surface area contributed by atoms with E-state index in [1.807, 2.05) is 12.5 Å². The highest BCUT2D eigenvalue weighted by atomic mass is 15.0. The summed E-state index contributed by atoms with van der Waals surface area (Å²) in [6.45, 7) is 6.93. The molecule has 0 saturated carbocycles. The van der Waals surface area contributed by atoms with E-state index in [-0.39, 0.29) is 0 Å². The Morgan fingerprint density at radius 1 is 1.56 bits per heavy atom. The third-order valence-electron chi connectivity index (χ3n) is 3.62. The van der Waals surface area contributed by atoms with Gasteiger partial charge < -0.3 is 9.88 Å². The molecule has 3 heteroatoms. The van der Waals surface area contributed by atoms with Crippen LogP contribution in [-0.2, 0) is 7.05 Å². The molecule has 1 aliphatic rings. The van der Waals surface area contributed by atoms with E-state index in [1.165, 1.54) is 18.5 Å². The van der Waals surface area contributed by atoms with E-state index < -0.39 is 0 Å². The van der Waals surface area contributed by atoms with Crippen molar-refractivity contribution < 1.29 is 0 Å². The molecule has 2 atom stereocenters. The molecule has 0 bridgehead atoms. The molecule has 2 unspecified atom stereocenters. The Kier molecular flexibility index (Phi) is 3.64. The first-order valence-electron chi connectivity index (χ1n) is 6.35. The molecule has 1 aromatic heterocycles. The fourth-order valence-corrected chi connectivity index (χ4v) is 2.89. The van der Waals surface area contributed by atoms with Crippen molar-refractivity contribution in [1.29, 1.82) is 0 Å². The van der Waals surface area contributed by atoms with Crippen LogP contribution in [0.5, 0.6) is 0 Å². The smallest absolute Gasteiger partial charge is 0.0945 e. The predicted octanol–water partition coefficient (Wildman–Crippen LogP) is 2.16. The largest absolute Gasteiger partial charge is 0.337 e. The first-order chi connectivity index (χ1) is 7.68. The summed E-state index contributed by atoms with van der Waals surface area (Å²) < 4.78 is 2.18. The van der Waals surface area contributed by atoms with Gasteiger partial charge in [-0.2, -0.15) is 0 Å². The maximum atomic E-state index is 4.25. The molecule has 1 fully saturated rings. The van der Waals surface area contributed by atoms with E-state index >= 15 is 0 Å². The Bertz CT molecular complexity index is 330. The molecule has 1 aliphatic heterocycles. The van der Waals surface area contributed by atoms with Crippen LogP contribution >= 0.6 is 0 Å². The number of hydrogen-bond donors (Lipinski definition) is 1. The summed E-state index contributed by atoms with van der Waals surface area (Å²) in [5, 5.41) is 3.52. The van der Waals surface area contributed by atoms with Crippen LogP contribution in [0.25, 0.3) is 0 Å². The van der Waals surface area contributed by atoms with Gasteiger partial charge >= 0.3 is 0 Å². The van der Waals surface area contributed by atoms with Crippen LogP contribution in [0.3, 0.4) is 0 Å². The van der Waals surface area contributed by atoms with Crippen molar-refractivity contribution in [3.8, 4) is 0 Å². The van der Waals surface area contributed by atoms with Gasteiger partial charge in [0.15, 0.2) is 0 Å². The van der Waals surface area contributed by atoms with Crippen molar-refractivity contribution in [1.82, 2.24) is 14.9 Å². The lowest BCUT2D eigenvalue weighted by molar-refractivity contribution is 0.273. The van der Waals surface area contributed by atoms with Crippen molar-refractivity contribution in [2.24, 2.45) is 18.9 Å². The topological polar surface area (TPSA) is 29.9 Å². The second-order valence-corrected chi connectivity index (χ2v) is 5.42. The van der Waals surface area contributed by atoms with Crippen LogP contribution < -0.4 is 5.32 Å². The minimum Gasteiger partial charge on any atom is -0.337 e. The lowest BCUT2D eigenvalue weighted by Gasteiger charge is -2.33. The SMILES string of the molecule is CC(C)CC1CNCCC1c1cncn1C. The Morgan fingerprint density at radius 3 is 3.00 bits per heavy atom. The number of nitrogens with zero attached hydrogens (tertiary/aromatic N) is 2. The van der Waals surface area contributed by atoms with Crippen LogP contribution in [0.15, 0.2) is 12.5 Å². The van der Waals surface area contributed by atoms with Crippen LogP contribution in [0.4, 0.5) is 0 Å². The summed E-state index contributed by atoms with van der Waals surface area (Å²) in [6, 6.07) is 0. The highest BCUT2D eigenvalue weighted by Crippen LogP contribution is 2.33. The number of aromatic nitrogens is 2. The Morgan fingerprint density at radius 2 is 2.38 bits per heavy atom. The molecule has 1 saturated heterocycles. The highest BCUT2D eigenvalue weighted by molar-refractivity contribution is 5.09. The van der Waals surface area contributed by atoms with Crippen molar-refractivity contribution in [2.45, 2.75) is 32.6 Å². The van der Waals surface area contributed by atoms with Gasteiger partial charge in [0.2, 0.25) is 0 Å². The van der Waals surface area contributed by atoms with Crippen LogP contribution in [0, 0.1) is 11.8 Å². The Labute approximate surface area is 98.3 Å². The van der Waals surface area contributed by atoms with Gasteiger partial charge in [-0.25, -0.2) is 4.98 Å². The number of hydrogen-bond acceptors (Lipinski definition) is 2. The monoisotopic (exact) mass is 221 g/mol.